The topological polar surface area (TPSA) is 57.1 Å². The van der Waals surface area contributed by atoms with Crippen LogP contribution >= 0.6 is 0 Å². The fraction of sp³-hybridized carbons (Fsp3) is 0.600. The van der Waals surface area contributed by atoms with Gasteiger partial charge in [-0.05, 0) is 45.4 Å². The standard InChI is InChI=1S/C20H34N4O2/c1-8-24(14-18(25)21-20(2,3)4)15-19(26)23(7)13-16-9-11-17(12-10-16)22(5)6/h9-12H,8,13-15H2,1-7H3,(H,21,25)/p+1. The van der Waals surface area contributed by atoms with Crippen LogP contribution in [0.4, 0.5) is 5.69 Å². The van der Waals surface area contributed by atoms with Gasteiger partial charge in [-0.25, -0.2) is 0 Å². The van der Waals surface area contributed by atoms with E-state index in [4.69, 9.17) is 0 Å². The highest BCUT2D eigenvalue weighted by atomic mass is 16.2. The molecule has 0 heterocycles. The predicted molar refractivity (Wildman–Crippen MR) is 106 cm³/mol. The van der Waals surface area contributed by atoms with Gasteiger partial charge in [0, 0.05) is 38.9 Å². The molecule has 1 aromatic rings. The Morgan fingerprint density at radius 1 is 1.04 bits per heavy atom. The van der Waals surface area contributed by atoms with Crippen LogP contribution in [0.25, 0.3) is 0 Å². The van der Waals surface area contributed by atoms with E-state index in [1.807, 2.05) is 78.0 Å². The van der Waals surface area contributed by atoms with Gasteiger partial charge >= 0.3 is 0 Å². The van der Waals surface area contributed by atoms with E-state index in [0.29, 0.717) is 19.6 Å². The number of likely N-dealkylation sites (N-methyl/N-ethyl adjacent to an activating group) is 2. The van der Waals surface area contributed by atoms with Crippen molar-refractivity contribution >= 4 is 17.5 Å². The van der Waals surface area contributed by atoms with E-state index in [0.717, 1.165) is 22.7 Å². The van der Waals surface area contributed by atoms with Gasteiger partial charge in [0.15, 0.2) is 13.1 Å². The molecule has 26 heavy (non-hydrogen) atoms. The lowest BCUT2D eigenvalue weighted by molar-refractivity contribution is -0.882. The minimum Gasteiger partial charge on any atom is -0.378 e. The van der Waals surface area contributed by atoms with Crippen LogP contribution in [0, 0.1) is 0 Å². The number of quaternary nitrogens is 1. The Kier molecular flexibility index (Phi) is 8.08. The molecule has 1 unspecified atom stereocenters. The molecule has 0 aromatic heterocycles. The molecular weight excluding hydrogens is 328 g/mol. The van der Waals surface area contributed by atoms with E-state index in [2.05, 4.69) is 5.32 Å². The van der Waals surface area contributed by atoms with Crippen LogP contribution in [0.5, 0.6) is 0 Å². The molecule has 0 fully saturated rings. The molecule has 0 saturated heterocycles. The van der Waals surface area contributed by atoms with E-state index in [1.165, 1.54) is 0 Å². The minimum absolute atomic E-state index is 0.0240. The van der Waals surface area contributed by atoms with Crippen molar-refractivity contribution in [2.45, 2.75) is 39.8 Å². The molecule has 0 aliphatic rings. The zero-order valence-electron chi connectivity index (χ0n) is 17.3. The first-order chi connectivity index (χ1) is 12.0. The van der Waals surface area contributed by atoms with E-state index in [-0.39, 0.29) is 17.4 Å². The van der Waals surface area contributed by atoms with Crippen LogP contribution in [-0.2, 0) is 16.1 Å². The van der Waals surface area contributed by atoms with E-state index in [1.54, 1.807) is 4.90 Å². The van der Waals surface area contributed by atoms with Crippen LogP contribution in [0.2, 0.25) is 0 Å². The SMILES string of the molecule is CC[NH+](CC(=O)NC(C)(C)C)CC(=O)N(C)Cc1ccc(N(C)C)cc1. The summed E-state index contributed by atoms with van der Waals surface area (Å²) >= 11 is 0. The number of benzene rings is 1. The third-order valence-corrected chi connectivity index (χ3v) is 4.12. The molecule has 0 aliphatic carbocycles. The number of nitrogens with one attached hydrogen (secondary N) is 2. The maximum absolute atomic E-state index is 12.5. The lowest BCUT2D eigenvalue weighted by atomic mass is 10.1. The molecule has 2 N–H and O–H groups in total. The maximum atomic E-state index is 12.5. The average Bonchev–Trinajstić information content (AvgIpc) is 2.52. The Morgan fingerprint density at radius 2 is 1.62 bits per heavy atom. The molecular formula is C20H35N4O2+. The van der Waals surface area contributed by atoms with Crippen molar-refractivity contribution < 1.29 is 14.5 Å². The molecule has 0 radical (unpaired) electrons. The maximum Gasteiger partial charge on any atom is 0.277 e. The number of carbonyl (C=O) groups excluding carboxylic acids is 2. The summed E-state index contributed by atoms with van der Waals surface area (Å²) in [4.78, 5) is 29.4. The zero-order valence-corrected chi connectivity index (χ0v) is 17.3. The van der Waals surface area contributed by atoms with Crippen molar-refractivity contribution in [1.82, 2.24) is 10.2 Å². The molecule has 146 valence electrons. The first-order valence-electron chi connectivity index (χ1n) is 9.16. The van der Waals surface area contributed by atoms with Crippen LogP contribution in [-0.4, -0.2) is 63.0 Å². The van der Waals surface area contributed by atoms with Crippen LogP contribution in [0.15, 0.2) is 24.3 Å². The summed E-state index contributed by atoms with van der Waals surface area (Å²) in [5, 5.41) is 2.95. The highest BCUT2D eigenvalue weighted by Gasteiger charge is 2.21. The second kappa shape index (κ2) is 9.57. The molecule has 1 atom stereocenters. The number of hydrogen-bond donors (Lipinski definition) is 2. The zero-order chi connectivity index (χ0) is 19.9. The van der Waals surface area contributed by atoms with Crippen molar-refractivity contribution in [3.63, 3.8) is 0 Å². The Labute approximate surface area is 158 Å². The van der Waals surface area contributed by atoms with Gasteiger partial charge in [-0.15, -0.1) is 0 Å². The van der Waals surface area contributed by atoms with Crippen molar-refractivity contribution in [3.8, 4) is 0 Å². The number of hydrogen-bond acceptors (Lipinski definition) is 3. The summed E-state index contributed by atoms with van der Waals surface area (Å²) in [5.74, 6) is 0.0196. The second-order valence-electron chi connectivity index (χ2n) is 8.07. The average molecular weight is 364 g/mol. The van der Waals surface area contributed by atoms with E-state index >= 15 is 0 Å². The van der Waals surface area contributed by atoms with Gasteiger partial charge < -0.3 is 20.0 Å². The van der Waals surface area contributed by atoms with Crippen LogP contribution in [0.1, 0.15) is 33.3 Å². The van der Waals surface area contributed by atoms with E-state index < -0.39 is 0 Å². The summed E-state index contributed by atoms with van der Waals surface area (Å²) in [6, 6.07) is 8.18. The van der Waals surface area contributed by atoms with Gasteiger partial charge in [-0.3, -0.25) is 9.59 Å². The molecule has 0 aliphatic heterocycles. The molecule has 6 nitrogen and oxygen atoms in total. The van der Waals surface area contributed by atoms with Gasteiger partial charge in [-0.2, -0.15) is 0 Å². The Balaban J connectivity index is 2.56. The number of carbonyl (C=O) groups is 2. The lowest BCUT2D eigenvalue weighted by Crippen LogP contribution is -3.14. The fourth-order valence-electron chi connectivity index (χ4n) is 2.61. The van der Waals surface area contributed by atoms with Gasteiger partial charge in [0.05, 0.1) is 6.54 Å². The first kappa shape index (κ1) is 22.0. The largest absolute Gasteiger partial charge is 0.378 e. The normalized spacial score (nSPS) is 12.4. The highest BCUT2D eigenvalue weighted by Crippen LogP contribution is 2.13. The summed E-state index contributed by atoms with van der Waals surface area (Å²) in [6.45, 7) is 9.79. The number of amides is 2. The predicted octanol–water partition coefficient (Wildman–Crippen LogP) is 0.531. The summed E-state index contributed by atoms with van der Waals surface area (Å²) in [6.07, 6.45) is 0. The molecule has 6 heteroatoms. The third-order valence-electron chi connectivity index (χ3n) is 4.12. The molecule has 2 amide bonds. The monoisotopic (exact) mass is 363 g/mol. The molecule has 1 aromatic carbocycles. The van der Waals surface area contributed by atoms with Gasteiger partial charge in [-0.1, -0.05) is 12.1 Å². The second-order valence-corrected chi connectivity index (χ2v) is 8.07. The highest BCUT2D eigenvalue weighted by molar-refractivity contribution is 5.79. The Morgan fingerprint density at radius 3 is 2.08 bits per heavy atom. The number of anilines is 1. The minimum atomic E-state index is -0.255. The molecule has 1 rings (SSSR count). The first-order valence-corrected chi connectivity index (χ1v) is 9.16. The van der Waals surface area contributed by atoms with Gasteiger partial charge in [0.25, 0.3) is 11.8 Å². The number of nitrogens with zero attached hydrogens (tertiary/aromatic N) is 2. The van der Waals surface area contributed by atoms with E-state index in [9.17, 15) is 9.59 Å². The van der Waals surface area contributed by atoms with Gasteiger partial charge in [0.2, 0.25) is 0 Å². The fourth-order valence-corrected chi connectivity index (χ4v) is 2.61. The Hall–Kier alpha value is -2.08. The van der Waals surface area contributed by atoms with Crippen LogP contribution in [0.3, 0.4) is 0 Å². The smallest absolute Gasteiger partial charge is 0.277 e. The van der Waals surface area contributed by atoms with Crippen LogP contribution < -0.4 is 15.1 Å². The molecule has 0 saturated carbocycles. The molecule has 0 spiro atoms. The Bertz CT molecular complexity index is 591. The quantitative estimate of drug-likeness (QED) is 0.708. The van der Waals surface area contributed by atoms with Crippen molar-refractivity contribution in [2.24, 2.45) is 0 Å². The lowest BCUT2D eigenvalue weighted by Gasteiger charge is -2.24. The van der Waals surface area contributed by atoms with Gasteiger partial charge in [0.1, 0.15) is 0 Å². The summed E-state index contributed by atoms with van der Waals surface area (Å²) in [7, 11) is 5.82. The molecule has 0 bridgehead atoms. The summed E-state index contributed by atoms with van der Waals surface area (Å²) < 4.78 is 0. The van der Waals surface area contributed by atoms with Crippen molar-refractivity contribution in [2.75, 3.05) is 45.7 Å². The van der Waals surface area contributed by atoms with Crippen molar-refractivity contribution in [3.05, 3.63) is 29.8 Å². The summed E-state index contributed by atoms with van der Waals surface area (Å²) in [5.41, 5.74) is 1.97. The number of rotatable bonds is 8. The van der Waals surface area contributed by atoms with Crippen molar-refractivity contribution in [1.29, 1.82) is 0 Å². The third kappa shape index (κ3) is 7.87.